The predicted molar refractivity (Wildman–Crippen MR) is 141 cm³/mol. The molecule has 2 aromatic rings. The number of likely N-dealkylation sites (N-methyl/N-ethyl adjacent to an activating group) is 1. The Bertz CT molecular complexity index is 1170. The van der Waals surface area contributed by atoms with Crippen molar-refractivity contribution in [3.05, 3.63) is 64.7 Å². The number of ether oxygens (including phenoxy) is 1. The second kappa shape index (κ2) is 10.1. The number of nitrogens with one attached hydrogen (secondary N) is 1. The standard InChI is InChI=1S/C29H36N4O4/c1-2-31-11-12-32(16-27(34)25-13-19-5-3-4-6-21(19)15-30-25)29(36)24-10-7-20(14-26(24)31)28(35)33-22-8-9-23(33)18-37-17-22/h3-7,10,14,22-23,25,27,30,34H,2,8-9,11-13,15-18H2,1H3/t22?,23?,25-,27+/m0/s1. The number of carbonyl (C=O) groups excluding carboxylic acids is 2. The van der Waals surface area contributed by atoms with Crippen molar-refractivity contribution >= 4 is 17.5 Å². The molecule has 2 amide bonds. The normalized spacial score (nSPS) is 25.9. The molecule has 4 atom stereocenters. The highest BCUT2D eigenvalue weighted by Crippen LogP contribution is 2.33. The van der Waals surface area contributed by atoms with Crippen molar-refractivity contribution in [2.45, 2.75) is 57.0 Å². The summed E-state index contributed by atoms with van der Waals surface area (Å²) in [5, 5.41) is 14.6. The van der Waals surface area contributed by atoms with Gasteiger partial charge in [0.25, 0.3) is 11.8 Å². The molecule has 2 aromatic carbocycles. The lowest BCUT2D eigenvalue weighted by Crippen LogP contribution is -2.50. The number of carbonyl (C=O) groups is 2. The zero-order valence-corrected chi connectivity index (χ0v) is 21.4. The van der Waals surface area contributed by atoms with Gasteiger partial charge in [-0.15, -0.1) is 0 Å². The Hall–Kier alpha value is -2.94. The van der Waals surface area contributed by atoms with Crippen LogP contribution in [0.25, 0.3) is 0 Å². The molecule has 0 radical (unpaired) electrons. The van der Waals surface area contributed by atoms with Gasteiger partial charge in [0.15, 0.2) is 0 Å². The first-order valence-corrected chi connectivity index (χ1v) is 13.6. The number of hydrogen-bond acceptors (Lipinski definition) is 6. The maximum absolute atomic E-state index is 13.7. The Morgan fingerprint density at radius 2 is 1.81 bits per heavy atom. The Kier molecular flexibility index (Phi) is 6.65. The number of fused-ring (bicyclic) bond motifs is 4. The number of β-amino-alcohol motifs (C(OH)–C–C–N with tert-alkyl or cyclic N) is 1. The molecule has 4 aliphatic heterocycles. The third kappa shape index (κ3) is 4.51. The third-order valence-electron chi connectivity index (χ3n) is 8.58. The van der Waals surface area contributed by atoms with E-state index in [1.165, 1.54) is 11.1 Å². The largest absolute Gasteiger partial charge is 0.390 e. The molecule has 2 fully saturated rings. The van der Waals surface area contributed by atoms with E-state index in [4.69, 9.17) is 4.74 Å². The van der Waals surface area contributed by atoms with Gasteiger partial charge in [-0.2, -0.15) is 0 Å². The van der Waals surface area contributed by atoms with Crippen LogP contribution in [0.3, 0.4) is 0 Å². The van der Waals surface area contributed by atoms with Crippen LogP contribution in [0, 0.1) is 0 Å². The minimum atomic E-state index is -0.674. The lowest BCUT2D eigenvalue weighted by molar-refractivity contribution is -0.00715. The predicted octanol–water partition coefficient (Wildman–Crippen LogP) is 2.05. The van der Waals surface area contributed by atoms with Crippen LogP contribution >= 0.6 is 0 Å². The molecule has 0 aliphatic carbocycles. The molecule has 2 N–H and O–H groups in total. The van der Waals surface area contributed by atoms with Gasteiger partial charge in [-0.25, -0.2) is 0 Å². The van der Waals surface area contributed by atoms with Crippen LogP contribution in [0.1, 0.15) is 51.6 Å². The molecule has 0 aromatic heterocycles. The van der Waals surface area contributed by atoms with Crippen LogP contribution in [0.15, 0.2) is 42.5 Å². The minimum absolute atomic E-state index is 0.0299. The molecule has 2 unspecified atom stereocenters. The fourth-order valence-corrected chi connectivity index (χ4v) is 6.46. The molecule has 4 aliphatic rings. The average molecular weight is 505 g/mol. The van der Waals surface area contributed by atoms with Crippen molar-refractivity contribution < 1.29 is 19.4 Å². The van der Waals surface area contributed by atoms with E-state index >= 15 is 0 Å². The highest BCUT2D eigenvalue weighted by Gasteiger charge is 2.41. The average Bonchev–Trinajstić information content (AvgIpc) is 3.10. The van der Waals surface area contributed by atoms with Gasteiger partial charge in [-0.3, -0.25) is 9.59 Å². The fourth-order valence-electron chi connectivity index (χ4n) is 6.46. The van der Waals surface area contributed by atoms with Crippen LogP contribution < -0.4 is 10.2 Å². The van der Waals surface area contributed by atoms with E-state index in [0.717, 1.165) is 38.0 Å². The smallest absolute Gasteiger partial charge is 0.256 e. The van der Waals surface area contributed by atoms with E-state index in [9.17, 15) is 14.7 Å². The van der Waals surface area contributed by atoms with Crippen molar-refractivity contribution in [3.63, 3.8) is 0 Å². The fraction of sp³-hybridized carbons (Fsp3) is 0.517. The maximum Gasteiger partial charge on any atom is 0.256 e. The first-order chi connectivity index (χ1) is 18.0. The van der Waals surface area contributed by atoms with E-state index in [2.05, 4.69) is 29.3 Å². The molecule has 2 bridgehead atoms. The Labute approximate surface area is 218 Å². The SMILES string of the molecule is CCN1CCN(C[C@@H](O)[C@@H]2Cc3ccccc3CN2)C(=O)c2ccc(C(=O)N3C4CCC3COC4)cc21. The summed E-state index contributed by atoms with van der Waals surface area (Å²) in [6.45, 7) is 6.18. The molecule has 6 rings (SSSR count). The molecule has 8 heteroatoms. The highest BCUT2D eigenvalue weighted by atomic mass is 16.5. The number of rotatable bonds is 5. The van der Waals surface area contributed by atoms with Gasteiger partial charge in [0.05, 0.1) is 42.7 Å². The summed E-state index contributed by atoms with van der Waals surface area (Å²) in [6.07, 6.45) is 2.04. The van der Waals surface area contributed by atoms with E-state index in [0.29, 0.717) is 37.4 Å². The van der Waals surface area contributed by atoms with E-state index < -0.39 is 6.10 Å². The molecule has 196 valence electrons. The van der Waals surface area contributed by atoms with Gasteiger partial charge < -0.3 is 29.9 Å². The Morgan fingerprint density at radius 3 is 2.57 bits per heavy atom. The highest BCUT2D eigenvalue weighted by molar-refractivity contribution is 6.03. The monoisotopic (exact) mass is 504 g/mol. The number of amides is 2. The van der Waals surface area contributed by atoms with Crippen LogP contribution in [-0.2, 0) is 17.7 Å². The van der Waals surface area contributed by atoms with Gasteiger partial charge in [0.2, 0.25) is 0 Å². The number of morpholine rings is 1. The summed E-state index contributed by atoms with van der Waals surface area (Å²) >= 11 is 0. The summed E-state index contributed by atoms with van der Waals surface area (Å²) in [5.41, 5.74) is 4.54. The zero-order valence-electron chi connectivity index (χ0n) is 21.4. The van der Waals surface area contributed by atoms with E-state index in [-0.39, 0.29) is 36.5 Å². The summed E-state index contributed by atoms with van der Waals surface area (Å²) in [6, 6.07) is 14.0. The molecule has 4 heterocycles. The quantitative estimate of drug-likeness (QED) is 0.649. The summed E-state index contributed by atoms with van der Waals surface area (Å²) in [4.78, 5) is 33.1. The molecule has 37 heavy (non-hydrogen) atoms. The van der Waals surface area contributed by atoms with Gasteiger partial charge in [0, 0.05) is 44.3 Å². The van der Waals surface area contributed by atoms with Crippen molar-refractivity contribution in [1.29, 1.82) is 0 Å². The lowest BCUT2D eigenvalue weighted by Gasteiger charge is -2.35. The van der Waals surface area contributed by atoms with Crippen molar-refractivity contribution in [3.8, 4) is 0 Å². The molecule has 2 saturated heterocycles. The van der Waals surface area contributed by atoms with Crippen LogP contribution in [0.5, 0.6) is 0 Å². The summed E-state index contributed by atoms with van der Waals surface area (Å²) < 4.78 is 5.66. The van der Waals surface area contributed by atoms with Crippen molar-refractivity contribution in [2.75, 3.05) is 44.3 Å². The number of benzene rings is 2. The molecule has 8 nitrogen and oxygen atoms in total. The first kappa shape index (κ1) is 24.4. The van der Waals surface area contributed by atoms with Crippen molar-refractivity contribution in [1.82, 2.24) is 15.1 Å². The molecule has 0 saturated carbocycles. The Morgan fingerprint density at radius 1 is 1.08 bits per heavy atom. The molecular weight excluding hydrogens is 468 g/mol. The molecule has 0 spiro atoms. The van der Waals surface area contributed by atoms with E-state index in [1.54, 1.807) is 17.0 Å². The van der Waals surface area contributed by atoms with Crippen LogP contribution in [0.4, 0.5) is 5.69 Å². The van der Waals surface area contributed by atoms with Gasteiger partial charge in [-0.05, 0) is 55.5 Å². The second-order valence-electron chi connectivity index (χ2n) is 10.7. The minimum Gasteiger partial charge on any atom is -0.390 e. The van der Waals surface area contributed by atoms with E-state index in [1.807, 2.05) is 23.1 Å². The van der Waals surface area contributed by atoms with Gasteiger partial charge in [-0.1, -0.05) is 24.3 Å². The third-order valence-corrected chi connectivity index (χ3v) is 8.58. The number of aliphatic hydroxyl groups excluding tert-OH is 1. The number of anilines is 1. The maximum atomic E-state index is 13.7. The Balaban J connectivity index is 1.20. The summed E-state index contributed by atoms with van der Waals surface area (Å²) in [7, 11) is 0. The number of aliphatic hydroxyl groups is 1. The lowest BCUT2D eigenvalue weighted by atomic mass is 9.92. The first-order valence-electron chi connectivity index (χ1n) is 13.6. The van der Waals surface area contributed by atoms with Gasteiger partial charge in [0.1, 0.15) is 0 Å². The van der Waals surface area contributed by atoms with Gasteiger partial charge >= 0.3 is 0 Å². The van der Waals surface area contributed by atoms with Crippen LogP contribution in [-0.4, -0.2) is 90.3 Å². The number of nitrogens with zero attached hydrogens (tertiary/aromatic N) is 3. The second-order valence-corrected chi connectivity index (χ2v) is 10.7. The molecular formula is C29H36N4O4. The summed E-state index contributed by atoms with van der Waals surface area (Å²) in [5.74, 6) is -0.0612. The zero-order chi connectivity index (χ0) is 25.5. The van der Waals surface area contributed by atoms with Crippen molar-refractivity contribution in [2.24, 2.45) is 0 Å². The van der Waals surface area contributed by atoms with Crippen LogP contribution in [0.2, 0.25) is 0 Å². The topological polar surface area (TPSA) is 85.3 Å². The number of hydrogen-bond donors (Lipinski definition) is 2.